The molecule has 1 aliphatic rings. The van der Waals surface area contributed by atoms with Crippen LogP contribution in [-0.4, -0.2) is 24.7 Å². The maximum atomic E-state index is 13.7. The standard InChI is InChI=1S/C19H28FNO2/c1-6-7-8-17(18(22)23-5)21-16-10-9-14(20)11-15(16)13(2)12-19(21,3)4/h9-11,13,17H,6-8,12H2,1-5H3/t13-,17+/m0/s1. The lowest BCUT2D eigenvalue weighted by molar-refractivity contribution is -0.142. The molecule has 0 aromatic heterocycles. The summed E-state index contributed by atoms with van der Waals surface area (Å²) in [5.41, 5.74) is 1.76. The van der Waals surface area contributed by atoms with Crippen molar-refractivity contribution in [1.82, 2.24) is 0 Å². The van der Waals surface area contributed by atoms with Crippen molar-refractivity contribution in [2.24, 2.45) is 0 Å². The fourth-order valence-electron chi connectivity index (χ4n) is 3.90. The van der Waals surface area contributed by atoms with E-state index in [1.54, 1.807) is 6.07 Å². The summed E-state index contributed by atoms with van der Waals surface area (Å²) >= 11 is 0. The molecule has 2 rings (SSSR count). The summed E-state index contributed by atoms with van der Waals surface area (Å²) in [6, 6.07) is 4.57. The molecule has 4 heteroatoms. The topological polar surface area (TPSA) is 29.5 Å². The Kier molecular flexibility index (Phi) is 5.33. The number of hydrogen-bond acceptors (Lipinski definition) is 3. The number of ether oxygens (including phenoxy) is 1. The Balaban J connectivity index is 2.52. The van der Waals surface area contributed by atoms with E-state index in [0.717, 1.165) is 36.9 Å². The van der Waals surface area contributed by atoms with Crippen molar-refractivity contribution in [2.45, 2.75) is 70.9 Å². The van der Waals surface area contributed by atoms with E-state index < -0.39 is 0 Å². The van der Waals surface area contributed by atoms with Gasteiger partial charge in [0.25, 0.3) is 0 Å². The third-order valence-corrected chi connectivity index (χ3v) is 4.85. The van der Waals surface area contributed by atoms with Gasteiger partial charge in [-0.05, 0) is 56.4 Å². The highest BCUT2D eigenvalue weighted by atomic mass is 19.1. The molecule has 0 radical (unpaired) electrons. The van der Waals surface area contributed by atoms with Crippen LogP contribution in [0, 0.1) is 5.82 Å². The number of unbranched alkanes of at least 4 members (excludes halogenated alkanes) is 1. The number of anilines is 1. The van der Waals surface area contributed by atoms with Gasteiger partial charge in [-0.3, -0.25) is 0 Å². The van der Waals surface area contributed by atoms with Crippen molar-refractivity contribution in [3.05, 3.63) is 29.6 Å². The highest BCUT2D eigenvalue weighted by Gasteiger charge is 2.42. The number of methoxy groups -OCH3 is 1. The van der Waals surface area contributed by atoms with Crippen LogP contribution in [0.5, 0.6) is 0 Å². The quantitative estimate of drug-likeness (QED) is 0.739. The summed E-state index contributed by atoms with van der Waals surface area (Å²) in [7, 11) is 1.44. The normalized spacial score (nSPS) is 20.8. The molecule has 0 spiro atoms. The van der Waals surface area contributed by atoms with Gasteiger partial charge in [-0.15, -0.1) is 0 Å². The average Bonchev–Trinajstić information content (AvgIpc) is 2.49. The second kappa shape index (κ2) is 6.90. The SMILES string of the molecule is CCCC[C@H](C(=O)OC)N1c2ccc(F)cc2[C@@H](C)CC1(C)C. The number of halogens is 1. The first-order valence-electron chi connectivity index (χ1n) is 8.48. The molecule has 2 atom stereocenters. The molecule has 1 aromatic rings. The molecular formula is C19H28FNO2. The average molecular weight is 321 g/mol. The zero-order chi connectivity index (χ0) is 17.2. The Morgan fingerprint density at radius 3 is 2.78 bits per heavy atom. The molecule has 0 N–H and O–H groups in total. The summed E-state index contributed by atoms with van der Waals surface area (Å²) < 4.78 is 18.8. The van der Waals surface area contributed by atoms with Crippen LogP contribution in [0.25, 0.3) is 0 Å². The van der Waals surface area contributed by atoms with Crippen LogP contribution in [0.3, 0.4) is 0 Å². The molecule has 3 nitrogen and oxygen atoms in total. The zero-order valence-corrected chi connectivity index (χ0v) is 14.9. The van der Waals surface area contributed by atoms with Gasteiger partial charge in [0.05, 0.1) is 7.11 Å². The fourth-order valence-corrected chi connectivity index (χ4v) is 3.90. The minimum atomic E-state index is -0.327. The van der Waals surface area contributed by atoms with E-state index in [-0.39, 0.29) is 29.3 Å². The number of rotatable bonds is 5. The minimum Gasteiger partial charge on any atom is -0.467 e. The van der Waals surface area contributed by atoms with Gasteiger partial charge in [0.15, 0.2) is 0 Å². The molecule has 0 saturated heterocycles. The zero-order valence-electron chi connectivity index (χ0n) is 14.9. The summed E-state index contributed by atoms with van der Waals surface area (Å²) in [4.78, 5) is 14.6. The van der Waals surface area contributed by atoms with Crippen LogP contribution in [0.15, 0.2) is 18.2 Å². The number of fused-ring (bicyclic) bond motifs is 1. The first-order chi connectivity index (χ1) is 10.8. The van der Waals surface area contributed by atoms with Crippen LogP contribution in [-0.2, 0) is 9.53 Å². The van der Waals surface area contributed by atoms with Gasteiger partial charge in [0.2, 0.25) is 0 Å². The largest absolute Gasteiger partial charge is 0.467 e. The molecule has 0 saturated carbocycles. The fraction of sp³-hybridized carbons (Fsp3) is 0.632. The lowest BCUT2D eigenvalue weighted by Gasteiger charge is -2.50. The van der Waals surface area contributed by atoms with E-state index in [1.165, 1.54) is 13.2 Å². The number of hydrogen-bond donors (Lipinski definition) is 0. The van der Waals surface area contributed by atoms with Crippen molar-refractivity contribution in [3.63, 3.8) is 0 Å². The molecule has 23 heavy (non-hydrogen) atoms. The maximum Gasteiger partial charge on any atom is 0.328 e. The Hall–Kier alpha value is -1.58. The number of nitrogens with zero attached hydrogens (tertiary/aromatic N) is 1. The van der Waals surface area contributed by atoms with Crippen LogP contribution in [0.1, 0.15) is 64.9 Å². The number of carbonyl (C=O) groups is 1. The monoisotopic (exact) mass is 321 g/mol. The van der Waals surface area contributed by atoms with E-state index in [0.29, 0.717) is 0 Å². The summed E-state index contributed by atoms with van der Waals surface area (Å²) in [6.07, 6.45) is 3.60. The first kappa shape index (κ1) is 17.8. The number of benzene rings is 1. The Bertz CT molecular complexity index is 570. The molecular weight excluding hydrogens is 293 g/mol. The van der Waals surface area contributed by atoms with E-state index in [4.69, 9.17) is 4.74 Å². The second-order valence-corrected chi connectivity index (χ2v) is 7.17. The highest BCUT2D eigenvalue weighted by molar-refractivity contribution is 5.81. The third-order valence-electron chi connectivity index (χ3n) is 4.85. The van der Waals surface area contributed by atoms with Crippen molar-refractivity contribution in [2.75, 3.05) is 12.0 Å². The second-order valence-electron chi connectivity index (χ2n) is 7.17. The van der Waals surface area contributed by atoms with Gasteiger partial charge in [0, 0.05) is 11.2 Å². The predicted molar refractivity (Wildman–Crippen MR) is 91.3 cm³/mol. The molecule has 0 aliphatic carbocycles. The van der Waals surface area contributed by atoms with Gasteiger partial charge in [-0.1, -0.05) is 26.7 Å². The predicted octanol–water partition coefficient (Wildman–Crippen LogP) is 4.65. The molecule has 1 aromatic carbocycles. The van der Waals surface area contributed by atoms with E-state index in [9.17, 15) is 9.18 Å². The van der Waals surface area contributed by atoms with Crippen LogP contribution in [0.4, 0.5) is 10.1 Å². The lowest BCUT2D eigenvalue weighted by Crippen LogP contribution is -2.56. The lowest BCUT2D eigenvalue weighted by atomic mass is 9.78. The van der Waals surface area contributed by atoms with Gasteiger partial charge < -0.3 is 9.64 Å². The number of carbonyl (C=O) groups excluding carboxylic acids is 1. The van der Waals surface area contributed by atoms with Crippen molar-refractivity contribution in [3.8, 4) is 0 Å². The smallest absolute Gasteiger partial charge is 0.328 e. The van der Waals surface area contributed by atoms with Gasteiger partial charge in [0.1, 0.15) is 11.9 Å². The van der Waals surface area contributed by atoms with Crippen LogP contribution in [0.2, 0.25) is 0 Å². The van der Waals surface area contributed by atoms with Crippen molar-refractivity contribution >= 4 is 11.7 Å². The summed E-state index contributed by atoms with van der Waals surface area (Å²) in [6.45, 7) is 8.53. The molecule has 1 aliphatic heterocycles. The highest BCUT2D eigenvalue weighted by Crippen LogP contribution is 2.45. The molecule has 1 heterocycles. The van der Waals surface area contributed by atoms with Gasteiger partial charge in [-0.25, -0.2) is 9.18 Å². The van der Waals surface area contributed by atoms with E-state index in [1.807, 2.05) is 6.07 Å². The Morgan fingerprint density at radius 1 is 1.48 bits per heavy atom. The molecule has 0 bridgehead atoms. The van der Waals surface area contributed by atoms with E-state index in [2.05, 4.69) is 32.6 Å². The van der Waals surface area contributed by atoms with E-state index >= 15 is 0 Å². The first-order valence-corrected chi connectivity index (χ1v) is 8.48. The molecule has 0 amide bonds. The van der Waals surface area contributed by atoms with Crippen molar-refractivity contribution < 1.29 is 13.9 Å². The summed E-state index contributed by atoms with van der Waals surface area (Å²) in [5, 5.41) is 0. The molecule has 128 valence electrons. The Morgan fingerprint density at radius 2 is 2.17 bits per heavy atom. The van der Waals surface area contributed by atoms with Crippen LogP contribution >= 0.6 is 0 Å². The minimum absolute atomic E-state index is 0.184. The Labute approximate surface area is 138 Å². The van der Waals surface area contributed by atoms with Gasteiger partial charge >= 0.3 is 5.97 Å². The summed E-state index contributed by atoms with van der Waals surface area (Å²) in [5.74, 6) is -0.175. The third kappa shape index (κ3) is 3.51. The molecule has 0 fully saturated rings. The molecule has 0 unspecified atom stereocenters. The van der Waals surface area contributed by atoms with Crippen molar-refractivity contribution in [1.29, 1.82) is 0 Å². The number of esters is 1. The maximum absolute atomic E-state index is 13.7. The van der Waals surface area contributed by atoms with Gasteiger partial charge in [-0.2, -0.15) is 0 Å². The van der Waals surface area contributed by atoms with Crippen LogP contribution < -0.4 is 4.90 Å².